The van der Waals surface area contributed by atoms with E-state index in [-0.39, 0.29) is 0 Å². The van der Waals surface area contributed by atoms with Crippen LogP contribution >= 0.6 is 0 Å². The number of aryl methyl sites for hydroxylation is 2. The maximum absolute atomic E-state index is 4.49. The van der Waals surface area contributed by atoms with Crippen molar-refractivity contribution in [2.45, 2.75) is 46.1 Å². The Morgan fingerprint density at radius 3 is 2.53 bits per heavy atom. The minimum Gasteiger partial charge on any atom is -0.310 e. The standard InChI is InChI=1S/C15H28N4/c1-12(15-13(2)17-18(4)14(15)3)16-8-7-11-19-9-5-6-10-19/h12,16H,5-11H2,1-4H3. The van der Waals surface area contributed by atoms with E-state index in [1.807, 2.05) is 11.7 Å². The van der Waals surface area contributed by atoms with Crippen LogP contribution in [-0.4, -0.2) is 40.9 Å². The Kier molecular flexibility index (Phi) is 4.99. The van der Waals surface area contributed by atoms with Gasteiger partial charge in [-0.3, -0.25) is 4.68 Å². The molecule has 2 heterocycles. The fourth-order valence-electron chi connectivity index (χ4n) is 3.15. The number of nitrogens with zero attached hydrogens (tertiary/aromatic N) is 3. The van der Waals surface area contributed by atoms with E-state index in [1.54, 1.807) is 0 Å². The Hall–Kier alpha value is -0.870. The van der Waals surface area contributed by atoms with Crippen molar-refractivity contribution in [3.05, 3.63) is 17.0 Å². The summed E-state index contributed by atoms with van der Waals surface area (Å²) in [5.74, 6) is 0. The highest BCUT2D eigenvalue weighted by Gasteiger charge is 2.16. The molecule has 1 aromatic rings. The molecule has 0 bridgehead atoms. The highest BCUT2D eigenvalue weighted by atomic mass is 15.3. The van der Waals surface area contributed by atoms with E-state index in [4.69, 9.17) is 0 Å². The third-order valence-corrected chi connectivity index (χ3v) is 4.30. The molecule has 0 saturated carbocycles. The van der Waals surface area contributed by atoms with Crippen LogP contribution in [0.25, 0.3) is 0 Å². The number of hydrogen-bond donors (Lipinski definition) is 1. The highest BCUT2D eigenvalue weighted by molar-refractivity contribution is 5.27. The van der Waals surface area contributed by atoms with Crippen molar-refractivity contribution in [3.63, 3.8) is 0 Å². The first-order valence-corrected chi connectivity index (χ1v) is 7.55. The van der Waals surface area contributed by atoms with E-state index in [9.17, 15) is 0 Å². The fraction of sp³-hybridized carbons (Fsp3) is 0.800. The molecule has 1 atom stereocenters. The van der Waals surface area contributed by atoms with E-state index in [0.29, 0.717) is 6.04 Å². The molecule has 1 aliphatic rings. The smallest absolute Gasteiger partial charge is 0.0644 e. The van der Waals surface area contributed by atoms with Gasteiger partial charge >= 0.3 is 0 Å². The maximum atomic E-state index is 4.49. The van der Waals surface area contributed by atoms with Gasteiger partial charge in [-0.1, -0.05) is 0 Å². The van der Waals surface area contributed by atoms with Gasteiger partial charge in [0, 0.05) is 24.3 Å². The number of nitrogens with one attached hydrogen (secondary N) is 1. The van der Waals surface area contributed by atoms with Crippen molar-refractivity contribution in [1.29, 1.82) is 0 Å². The van der Waals surface area contributed by atoms with Crippen LogP contribution in [0.2, 0.25) is 0 Å². The Labute approximate surface area is 117 Å². The quantitative estimate of drug-likeness (QED) is 0.799. The molecule has 0 aliphatic carbocycles. The fourth-order valence-corrected chi connectivity index (χ4v) is 3.15. The van der Waals surface area contributed by atoms with Gasteiger partial charge in [0.1, 0.15) is 0 Å². The summed E-state index contributed by atoms with van der Waals surface area (Å²) in [6, 6.07) is 0.396. The molecule has 4 nitrogen and oxygen atoms in total. The third kappa shape index (κ3) is 3.57. The van der Waals surface area contributed by atoms with Gasteiger partial charge in [-0.05, 0) is 66.2 Å². The molecule has 108 valence electrons. The van der Waals surface area contributed by atoms with Crippen LogP contribution < -0.4 is 5.32 Å². The predicted molar refractivity (Wildman–Crippen MR) is 79.4 cm³/mol. The Morgan fingerprint density at radius 2 is 1.95 bits per heavy atom. The van der Waals surface area contributed by atoms with Gasteiger partial charge in [0.05, 0.1) is 5.69 Å². The lowest BCUT2D eigenvalue weighted by molar-refractivity contribution is 0.328. The van der Waals surface area contributed by atoms with Crippen LogP contribution in [0.5, 0.6) is 0 Å². The van der Waals surface area contributed by atoms with Crippen molar-refractivity contribution in [1.82, 2.24) is 20.0 Å². The minimum atomic E-state index is 0.396. The maximum Gasteiger partial charge on any atom is 0.0644 e. The van der Waals surface area contributed by atoms with Gasteiger partial charge in [-0.15, -0.1) is 0 Å². The molecule has 0 spiro atoms. The molecule has 1 saturated heterocycles. The lowest BCUT2D eigenvalue weighted by atomic mass is 10.1. The van der Waals surface area contributed by atoms with Crippen molar-refractivity contribution < 1.29 is 0 Å². The molecule has 1 aliphatic heterocycles. The van der Waals surface area contributed by atoms with E-state index < -0.39 is 0 Å². The second-order valence-electron chi connectivity index (χ2n) is 5.79. The van der Waals surface area contributed by atoms with E-state index in [0.717, 1.165) is 12.2 Å². The van der Waals surface area contributed by atoms with Crippen LogP contribution in [0.1, 0.15) is 49.2 Å². The predicted octanol–water partition coefficient (Wildman–Crippen LogP) is 2.17. The lowest BCUT2D eigenvalue weighted by Gasteiger charge is -2.17. The zero-order valence-electron chi connectivity index (χ0n) is 12.9. The molecule has 0 radical (unpaired) electrons. The SMILES string of the molecule is Cc1nn(C)c(C)c1C(C)NCCCN1CCCC1. The monoisotopic (exact) mass is 264 g/mol. The summed E-state index contributed by atoms with van der Waals surface area (Å²) in [4.78, 5) is 2.58. The highest BCUT2D eigenvalue weighted by Crippen LogP contribution is 2.20. The summed E-state index contributed by atoms with van der Waals surface area (Å²) >= 11 is 0. The number of hydrogen-bond acceptors (Lipinski definition) is 3. The summed E-state index contributed by atoms with van der Waals surface area (Å²) in [6.07, 6.45) is 4.01. The van der Waals surface area contributed by atoms with Gasteiger partial charge in [-0.25, -0.2) is 0 Å². The largest absolute Gasteiger partial charge is 0.310 e. The first-order chi connectivity index (χ1) is 9.09. The molecule has 2 rings (SSSR count). The normalized spacial score (nSPS) is 18.1. The minimum absolute atomic E-state index is 0.396. The van der Waals surface area contributed by atoms with E-state index in [2.05, 4.69) is 36.1 Å². The summed E-state index contributed by atoms with van der Waals surface area (Å²) < 4.78 is 1.98. The summed E-state index contributed by atoms with van der Waals surface area (Å²) in [5.41, 5.74) is 3.79. The molecule has 1 aromatic heterocycles. The summed E-state index contributed by atoms with van der Waals surface area (Å²) in [7, 11) is 2.02. The molecule has 0 amide bonds. The number of aromatic nitrogens is 2. The Balaban J connectivity index is 1.75. The van der Waals surface area contributed by atoms with Crippen molar-refractivity contribution in [2.24, 2.45) is 7.05 Å². The van der Waals surface area contributed by atoms with Crippen molar-refractivity contribution in [2.75, 3.05) is 26.2 Å². The van der Waals surface area contributed by atoms with Crippen LogP contribution in [-0.2, 0) is 7.05 Å². The topological polar surface area (TPSA) is 33.1 Å². The summed E-state index contributed by atoms with van der Waals surface area (Å²) in [6.45, 7) is 11.4. The van der Waals surface area contributed by atoms with E-state index in [1.165, 1.54) is 50.2 Å². The molecule has 0 aromatic carbocycles. The Bertz CT molecular complexity index is 405. The molecule has 4 heteroatoms. The first kappa shape index (κ1) is 14.5. The molecule has 1 N–H and O–H groups in total. The molecule has 1 unspecified atom stereocenters. The molecule has 19 heavy (non-hydrogen) atoms. The summed E-state index contributed by atoms with van der Waals surface area (Å²) in [5, 5.41) is 8.13. The van der Waals surface area contributed by atoms with Gasteiger partial charge in [0.2, 0.25) is 0 Å². The average Bonchev–Trinajstić information content (AvgIpc) is 2.95. The zero-order valence-corrected chi connectivity index (χ0v) is 12.9. The van der Waals surface area contributed by atoms with Gasteiger partial charge in [-0.2, -0.15) is 5.10 Å². The van der Waals surface area contributed by atoms with Crippen molar-refractivity contribution >= 4 is 0 Å². The van der Waals surface area contributed by atoms with Crippen LogP contribution in [0.4, 0.5) is 0 Å². The lowest BCUT2D eigenvalue weighted by Crippen LogP contribution is -2.26. The van der Waals surface area contributed by atoms with Crippen LogP contribution in [0.15, 0.2) is 0 Å². The van der Waals surface area contributed by atoms with Crippen molar-refractivity contribution in [3.8, 4) is 0 Å². The molecular formula is C15H28N4. The molecule has 1 fully saturated rings. The third-order valence-electron chi connectivity index (χ3n) is 4.30. The van der Waals surface area contributed by atoms with Gasteiger partial charge in [0.25, 0.3) is 0 Å². The van der Waals surface area contributed by atoms with E-state index >= 15 is 0 Å². The second kappa shape index (κ2) is 6.53. The second-order valence-corrected chi connectivity index (χ2v) is 5.79. The molecular weight excluding hydrogens is 236 g/mol. The number of likely N-dealkylation sites (tertiary alicyclic amines) is 1. The van der Waals surface area contributed by atoms with Crippen LogP contribution in [0.3, 0.4) is 0 Å². The first-order valence-electron chi connectivity index (χ1n) is 7.55. The zero-order chi connectivity index (χ0) is 13.8. The van der Waals surface area contributed by atoms with Gasteiger partial charge < -0.3 is 10.2 Å². The number of rotatable bonds is 6. The van der Waals surface area contributed by atoms with Gasteiger partial charge in [0.15, 0.2) is 0 Å². The van der Waals surface area contributed by atoms with Crippen LogP contribution in [0, 0.1) is 13.8 Å². The Morgan fingerprint density at radius 1 is 1.26 bits per heavy atom. The average molecular weight is 264 g/mol.